The Bertz CT molecular complexity index is 612. The molecule has 0 aromatic heterocycles. The third-order valence-electron chi connectivity index (χ3n) is 3.80. The maximum Gasteiger partial charge on any atom is 0.410 e. The van der Waals surface area contributed by atoms with Gasteiger partial charge in [-0.3, -0.25) is 0 Å². The van der Waals surface area contributed by atoms with Crippen molar-refractivity contribution >= 4 is 11.8 Å². The predicted molar refractivity (Wildman–Crippen MR) is 101 cm³/mol. The van der Waals surface area contributed by atoms with Crippen LogP contribution in [0.2, 0.25) is 0 Å². The first-order chi connectivity index (χ1) is 11.5. The zero-order valence-corrected chi connectivity index (χ0v) is 16.3. The molecular formula is C20H31N3O2. The van der Waals surface area contributed by atoms with Crippen molar-refractivity contribution in [3.05, 3.63) is 29.8 Å². The number of benzene rings is 1. The number of para-hydroxylation sites is 1. The van der Waals surface area contributed by atoms with E-state index < -0.39 is 5.60 Å². The fraction of sp³-hybridized carbons (Fsp3) is 0.600. The largest absolute Gasteiger partial charge is 0.444 e. The first kappa shape index (κ1) is 20.8. The van der Waals surface area contributed by atoms with Gasteiger partial charge in [0.1, 0.15) is 5.60 Å². The van der Waals surface area contributed by atoms with Crippen LogP contribution in [0.1, 0.15) is 53.0 Å². The first-order valence-electron chi connectivity index (χ1n) is 8.67. The maximum atomic E-state index is 12.2. The molecular weight excluding hydrogens is 314 g/mol. The Kier molecular flexibility index (Phi) is 7.29. The predicted octanol–water partition coefficient (Wildman–Crippen LogP) is 4.80. The van der Waals surface area contributed by atoms with Crippen molar-refractivity contribution < 1.29 is 9.53 Å². The van der Waals surface area contributed by atoms with Crippen LogP contribution in [0.3, 0.4) is 0 Å². The molecule has 0 bridgehead atoms. The molecule has 0 aliphatic carbocycles. The SMILES string of the molecule is CN(Cc1ccccc1NCC(C)(C)CCC#N)C(=O)OC(C)(C)C. The molecule has 5 nitrogen and oxygen atoms in total. The van der Waals surface area contributed by atoms with Crippen molar-refractivity contribution in [2.45, 2.75) is 59.6 Å². The molecule has 0 radical (unpaired) electrons. The van der Waals surface area contributed by atoms with E-state index in [0.717, 1.165) is 24.2 Å². The summed E-state index contributed by atoms with van der Waals surface area (Å²) in [5, 5.41) is 12.2. The highest BCUT2D eigenvalue weighted by molar-refractivity contribution is 5.68. The summed E-state index contributed by atoms with van der Waals surface area (Å²) in [6.45, 7) is 11.1. The third kappa shape index (κ3) is 7.93. The van der Waals surface area contributed by atoms with E-state index in [1.807, 2.05) is 45.0 Å². The first-order valence-corrected chi connectivity index (χ1v) is 8.67. The minimum absolute atomic E-state index is 0.0277. The standard InChI is InChI=1S/C20H31N3O2/c1-19(2,3)25-18(24)23(6)14-16-10-7-8-11-17(16)22-15-20(4,5)12-9-13-21/h7-8,10-11,22H,9,12,14-15H2,1-6H3. The van der Waals surface area contributed by atoms with E-state index in [9.17, 15) is 4.79 Å². The fourth-order valence-electron chi connectivity index (χ4n) is 2.31. The van der Waals surface area contributed by atoms with Gasteiger partial charge >= 0.3 is 6.09 Å². The minimum Gasteiger partial charge on any atom is -0.444 e. The van der Waals surface area contributed by atoms with E-state index in [0.29, 0.717) is 13.0 Å². The molecule has 1 N–H and O–H groups in total. The third-order valence-corrected chi connectivity index (χ3v) is 3.80. The van der Waals surface area contributed by atoms with Gasteiger partial charge in [-0.15, -0.1) is 0 Å². The normalized spacial score (nSPS) is 11.6. The van der Waals surface area contributed by atoms with Gasteiger partial charge in [0.25, 0.3) is 0 Å². The molecule has 0 aliphatic heterocycles. The van der Waals surface area contributed by atoms with Crippen molar-refractivity contribution in [1.82, 2.24) is 4.90 Å². The lowest BCUT2D eigenvalue weighted by Gasteiger charge is -2.27. The summed E-state index contributed by atoms with van der Waals surface area (Å²) < 4.78 is 5.41. The molecule has 0 aliphatic rings. The van der Waals surface area contributed by atoms with Crippen LogP contribution in [0.5, 0.6) is 0 Å². The van der Waals surface area contributed by atoms with Gasteiger partial charge in [0.15, 0.2) is 0 Å². The Morgan fingerprint density at radius 2 is 1.88 bits per heavy atom. The second-order valence-corrected chi connectivity index (χ2v) is 8.17. The number of nitrogens with one attached hydrogen (secondary N) is 1. The number of anilines is 1. The summed E-state index contributed by atoms with van der Waals surface area (Å²) >= 11 is 0. The van der Waals surface area contributed by atoms with Gasteiger partial charge < -0.3 is 15.0 Å². The van der Waals surface area contributed by atoms with E-state index >= 15 is 0 Å². The van der Waals surface area contributed by atoms with Crippen molar-refractivity contribution in [2.75, 3.05) is 18.9 Å². The van der Waals surface area contributed by atoms with Gasteiger partial charge in [0.2, 0.25) is 0 Å². The number of nitrogens with zero attached hydrogens (tertiary/aromatic N) is 2. The summed E-state index contributed by atoms with van der Waals surface area (Å²) in [6.07, 6.45) is 1.06. The van der Waals surface area contributed by atoms with Gasteiger partial charge in [-0.05, 0) is 44.2 Å². The van der Waals surface area contributed by atoms with Crippen LogP contribution in [0.15, 0.2) is 24.3 Å². The van der Waals surface area contributed by atoms with Crippen LogP contribution in [-0.2, 0) is 11.3 Å². The van der Waals surface area contributed by atoms with E-state index in [1.54, 1.807) is 11.9 Å². The van der Waals surface area contributed by atoms with Crippen LogP contribution in [0, 0.1) is 16.7 Å². The van der Waals surface area contributed by atoms with Crippen molar-refractivity contribution in [1.29, 1.82) is 5.26 Å². The van der Waals surface area contributed by atoms with Gasteiger partial charge in [0.05, 0.1) is 12.6 Å². The van der Waals surface area contributed by atoms with E-state index in [-0.39, 0.29) is 11.5 Å². The molecule has 0 fully saturated rings. The van der Waals surface area contributed by atoms with E-state index in [1.165, 1.54) is 0 Å². The quantitative estimate of drug-likeness (QED) is 0.771. The zero-order chi connectivity index (χ0) is 19.1. The number of carbonyl (C=O) groups is 1. The Hall–Kier alpha value is -2.22. The highest BCUT2D eigenvalue weighted by Crippen LogP contribution is 2.25. The lowest BCUT2D eigenvalue weighted by molar-refractivity contribution is 0.0285. The molecule has 1 rings (SSSR count). The molecule has 0 saturated heterocycles. The van der Waals surface area contributed by atoms with Crippen molar-refractivity contribution in [2.24, 2.45) is 5.41 Å². The van der Waals surface area contributed by atoms with Gasteiger partial charge in [0, 0.05) is 25.7 Å². The molecule has 1 amide bonds. The number of amides is 1. The number of hydrogen-bond acceptors (Lipinski definition) is 4. The van der Waals surface area contributed by atoms with Crippen LogP contribution in [0.4, 0.5) is 10.5 Å². The Labute approximate surface area is 152 Å². The zero-order valence-electron chi connectivity index (χ0n) is 16.3. The lowest BCUT2D eigenvalue weighted by Crippen LogP contribution is -2.34. The van der Waals surface area contributed by atoms with Crippen molar-refractivity contribution in [3.8, 4) is 6.07 Å². The average Bonchev–Trinajstić information content (AvgIpc) is 2.50. The Morgan fingerprint density at radius 3 is 2.48 bits per heavy atom. The number of nitriles is 1. The molecule has 25 heavy (non-hydrogen) atoms. The monoisotopic (exact) mass is 345 g/mol. The van der Waals surface area contributed by atoms with Gasteiger partial charge in [-0.1, -0.05) is 32.0 Å². The summed E-state index contributed by atoms with van der Waals surface area (Å²) in [6, 6.07) is 10.2. The molecule has 1 aromatic rings. The maximum absolute atomic E-state index is 12.2. The number of hydrogen-bond donors (Lipinski definition) is 1. The van der Waals surface area contributed by atoms with E-state index in [4.69, 9.17) is 10.00 Å². The smallest absolute Gasteiger partial charge is 0.410 e. The summed E-state index contributed by atoms with van der Waals surface area (Å²) in [5.41, 5.74) is 1.56. The van der Waals surface area contributed by atoms with Gasteiger partial charge in [-0.2, -0.15) is 5.26 Å². The van der Waals surface area contributed by atoms with Crippen LogP contribution in [0.25, 0.3) is 0 Å². The molecule has 0 unspecified atom stereocenters. The molecule has 0 atom stereocenters. The molecule has 1 aromatic carbocycles. The van der Waals surface area contributed by atoms with Crippen LogP contribution < -0.4 is 5.32 Å². The number of ether oxygens (including phenoxy) is 1. The second kappa shape index (κ2) is 8.75. The number of carbonyl (C=O) groups excluding carboxylic acids is 1. The molecule has 0 spiro atoms. The molecule has 5 heteroatoms. The summed E-state index contributed by atoms with van der Waals surface area (Å²) in [5.74, 6) is 0. The molecule has 0 saturated carbocycles. The summed E-state index contributed by atoms with van der Waals surface area (Å²) in [7, 11) is 1.74. The van der Waals surface area contributed by atoms with Crippen molar-refractivity contribution in [3.63, 3.8) is 0 Å². The molecule has 138 valence electrons. The number of rotatable bonds is 7. The lowest BCUT2D eigenvalue weighted by atomic mass is 9.88. The topological polar surface area (TPSA) is 65.4 Å². The fourth-order valence-corrected chi connectivity index (χ4v) is 2.31. The van der Waals surface area contributed by atoms with E-state index in [2.05, 4.69) is 25.2 Å². The van der Waals surface area contributed by atoms with Crippen LogP contribution >= 0.6 is 0 Å². The van der Waals surface area contributed by atoms with Gasteiger partial charge in [-0.25, -0.2) is 4.79 Å². The highest BCUT2D eigenvalue weighted by atomic mass is 16.6. The molecule has 0 heterocycles. The minimum atomic E-state index is -0.506. The van der Waals surface area contributed by atoms with Crippen LogP contribution in [-0.4, -0.2) is 30.2 Å². The Morgan fingerprint density at radius 1 is 1.24 bits per heavy atom. The Balaban J connectivity index is 2.74. The average molecular weight is 345 g/mol. The highest BCUT2D eigenvalue weighted by Gasteiger charge is 2.21. The summed E-state index contributed by atoms with van der Waals surface area (Å²) in [4.78, 5) is 13.7. The second-order valence-electron chi connectivity index (χ2n) is 8.17.